The van der Waals surface area contributed by atoms with Crippen LogP contribution < -0.4 is 4.90 Å². The lowest BCUT2D eigenvalue weighted by Crippen LogP contribution is -2.26. The minimum Gasteiger partial charge on any atom is -0.455 e. The summed E-state index contributed by atoms with van der Waals surface area (Å²) in [6.45, 7) is 0. The maximum Gasteiger partial charge on any atom is 0.143 e. The first-order chi connectivity index (χ1) is 38.7. The number of anilines is 3. The van der Waals surface area contributed by atoms with Crippen LogP contribution in [0.4, 0.5) is 17.1 Å². The number of fused-ring (bicyclic) bond motifs is 26. The molecule has 0 unspecified atom stereocenters. The third kappa shape index (κ3) is 5.18. The summed E-state index contributed by atoms with van der Waals surface area (Å²) >= 11 is 0. The molecule has 14 aromatic rings. The maximum atomic E-state index is 7.12. The van der Waals surface area contributed by atoms with Crippen molar-refractivity contribution in [2.75, 3.05) is 4.90 Å². The monoisotopic (exact) mass is 987 g/mol. The van der Waals surface area contributed by atoms with Crippen molar-refractivity contribution in [2.24, 2.45) is 0 Å². The van der Waals surface area contributed by atoms with Crippen molar-refractivity contribution >= 4 is 60.5 Å². The summed E-state index contributed by atoms with van der Waals surface area (Å²) < 4.78 is 7.12. The number of hydrogen-bond donors (Lipinski definition) is 0. The summed E-state index contributed by atoms with van der Waals surface area (Å²) in [6, 6.07) is 103. The molecule has 0 saturated carbocycles. The highest BCUT2D eigenvalue weighted by atomic mass is 16.3. The predicted molar refractivity (Wildman–Crippen MR) is 321 cm³/mol. The van der Waals surface area contributed by atoms with Gasteiger partial charge in [-0.05, 0) is 147 Å². The van der Waals surface area contributed by atoms with Gasteiger partial charge in [-0.25, -0.2) is 0 Å². The van der Waals surface area contributed by atoms with Crippen molar-refractivity contribution in [2.45, 2.75) is 10.8 Å². The lowest BCUT2D eigenvalue weighted by Gasteiger charge is -2.34. The third-order valence-corrected chi connectivity index (χ3v) is 18.3. The van der Waals surface area contributed by atoms with Gasteiger partial charge in [0.25, 0.3) is 0 Å². The van der Waals surface area contributed by atoms with Gasteiger partial charge in [0.1, 0.15) is 11.2 Å². The van der Waals surface area contributed by atoms with Crippen LogP contribution in [0.15, 0.2) is 277 Å². The van der Waals surface area contributed by atoms with Crippen LogP contribution in [0.2, 0.25) is 0 Å². The molecular formula is C76H45NO. The van der Waals surface area contributed by atoms with Gasteiger partial charge >= 0.3 is 0 Å². The Morgan fingerprint density at radius 3 is 1.13 bits per heavy atom. The second-order valence-electron chi connectivity index (χ2n) is 21.7. The van der Waals surface area contributed by atoms with Gasteiger partial charge in [0.15, 0.2) is 0 Å². The largest absolute Gasteiger partial charge is 0.455 e. The van der Waals surface area contributed by atoms with Crippen molar-refractivity contribution in [3.63, 3.8) is 0 Å². The smallest absolute Gasteiger partial charge is 0.143 e. The van der Waals surface area contributed by atoms with Gasteiger partial charge in [-0.1, -0.05) is 237 Å². The number of rotatable bonds is 4. The van der Waals surface area contributed by atoms with E-state index in [4.69, 9.17) is 4.42 Å². The zero-order valence-electron chi connectivity index (χ0n) is 42.3. The molecule has 1 heterocycles. The summed E-state index contributed by atoms with van der Waals surface area (Å²) in [6.07, 6.45) is 0. The van der Waals surface area contributed by atoms with Crippen molar-refractivity contribution in [1.29, 1.82) is 0 Å². The molecular weight excluding hydrogens is 943 g/mol. The molecule has 0 amide bonds. The number of furan rings is 1. The van der Waals surface area contributed by atoms with Crippen LogP contribution >= 0.6 is 0 Å². The summed E-state index contributed by atoms with van der Waals surface area (Å²) in [4.78, 5) is 2.58. The second kappa shape index (κ2) is 15.3. The Hall–Kier alpha value is -10.0. The Balaban J connectivity index is 0.964. The van der Waals surface area contributed by atoms with E-state index in [-0.39, 0.29) is 0 Å². The van der Waals surface area contributed by atoms with Gasteiger partial charge in [-0.2, -0.15) is 0 Å². The Bertz CT molecular complexity index is 4630. The van der Waals surface area contributed by atoms with E-state index in [1.54, 1.807) is 0 Å². The zero-order valence-corrected chi connectivity index (χ0v) is 42.3. The average Bonchev–Trinajstić information content (AvgIpc) is 3.49. The minimum absolute atomic E-state index is 0.526. The molecule has 2 spiro atoms. The molecule has 0 radical (unpaired) electrons. The molecule has 0 N–H and O–H groups in total. The minimum atomic E-state index is -0.526. The maximum absolute atomic E-state index is 7.12. The fourth-order valence-corrected chi connectivity index (χ4v) is 15.4. The molecule has 360 valence electrons. The van der Waals surface area contributed by atoms with Gasteiger partial charge in [-0.3, -0.25) is 0 Å². The van der Waals surface area contributed by atoms with Gasteiger partial charge in [0, 0.05) is 32.9 Å². The van der Waals surface area contributed by atoms with Crippen molar-refractivity contribution in [1.82, 2.24) is 0 Å². The van der Waals surface area contributed by atoms with Crippen LogP contribution in [-0.2, 0) is 10.8 Å². The van der Waals surface area contributed by atoms with Crippen LogP contribution in [-0.4, -0.2) is 0 Å². The summed E-state index contributed by atoms with van der Waals surface area (Å²) in [5.41, 5.74) is 27.2. The molecule has 0 saturated heterocycles. The first kappa shape index (κ1) is 42.2. The van der Waals surface area contributed by atoms with Gasteiger partial charge in [-0.15, -0.1) is 0 Å². The molecule has 0 aliphatic heterocycles. The normalized spacial score (nSPS) is 14.1. The molecule has 1 aromatic heterocycles. The second-order valence-corrected chi connectivity index (χ2v) is 21.7. The molecule has 13 aromatic carbocycles. The molecule has 0 fully saturated rings. The number of nitrogens with zero attached hydrogens (tertiary/aromatic N) is 1. The fraction of sp³-hybridized carbons (Fsp3) is 0.0263. The highest BCUT2D eigenvalue weighted by Gasteiger charge is 2.53. The van der Waals surface area contributed by atoms with E-state index in [1.165, 1.54) is 105 Å². The lowest BCUT2D eigenvalue weighted by molar-refractivity contribution is 0.673. The molecule has 0 bridgehead atoms. The van der Waals surface area contributed by atoms with E-state index in [9.17, 15) is 0 Å². The van der Waals surface area contributed by atoms with Crippen molar-refractivity contribution in [3.05, 3.63) is 317 Å². The van der Waals surface area contributed by atoms with Crippen LogP contribution in [0.25, 0.3) is 99.1 Å². The van der Waals surface area contributed by atoms with E-state index in [0.717, 1.165) is 55.3 Å². The van der Waals surface area contributed by atoms with Gasteiger partial charge < -0.3 is 9.32 Å². The van der Waals surface area contributed by atoms with E-state index in [1.807, 2.05) is 0 Å². The Morgan fingerprint density at radius 1 is 0.256 bits per heavy atom. The summed E-state index contributed by atoms with van der Waals surface area (Å²) in [5, 5.41) is 6.81. The van der Waals surface area contributed by atoms with Crippen LogP contribution in [0.1, 0.15) is 44.5 Å². The third-order valence-electron chi connectivity index (χ3n) is 18.3. The SMILES string of the molecule is c1ccc2c(c1)-c1ccccc1C21c2ccccc2-c2ccc(N(c3ccc4c(c3)C3(c5ccccc5-c5ccccc53)c3ccccc3-4)c3cc4c(oc5cccc(-c6cccc7ccccc67)c54)c4ccccc34)cc21. The summed E-state index contributed by atoms with van der Waals surface area (Å²) in [5.74, 6) is 0. The topological polar surface area (TPSA) is 16.4 Å². The Labute approximate surface area is 451 Å². The van der Waals surface area contributed by atoms with E-state index >= 15 is 0 Å². The van der Waals surface area contributed by atoms with E-state index < -0.39 is 10.8 Å². The quantitative estimate of drug-likeness (QED) is 0.175. The van der Waals surface area contributed by atoms with Gasteiger partial charge in [0.2, 0.25) is 0 Å². The van der Waals surface area contributed by atoms with Crippen molar-refractivity contribution in [3.8, 4) is 55.6 Å². The molecule has 2 heteroatoms. The Morgan fingerprint density at radius 2 is 0.628 bits per heavy atom. The first-order valence-corrected chi connectivity index (χ1v) is 27.2. The number of benzene rings is 13. The molecule has 4 aliphatic carbocycles. The van der Waals surface area contributed by atoms with E-state index in [2.05, 4.69) is 278 Å². The average molecular weight is 988 g/mol. The highest BCUT2D eigenvalue weighted by molar-refractivity contribution is 6.23. The lowest BCUT2D eigenvalue weighted by atomic mass is 9.70. The van der Waals surface area contributed by atoms with Crippen LogP contribution in [0.5, 0.6) is 0 Å². The van der Waals surface area contributed by atoms with E-state index in [0.29, 0.717) is 0 Å². The molecule has 2 nitrogen and oxygen atoms in total. The zero-order chi connectivity index (χ0) is 50.8. The van der Waals surface area contributed by atoms with Gasteiger partial charge in [0.05, 0.1) is 16.5 Å². The number of hydrogen-bond acceptors (Lipinski definition) is 2. The highest BCUT2D eigenvalue weighted by Crippen LogP contribution is 2.66. The fourth-order valence-electron chi connectivity index (χ4n) is 15.4. The molecule has 78 heavy (non-hydrogen) atoms. The van der Waals surface area contributed by atoms with Crippen LogP contribution in [0.3, 0.4) is 0 Å². The predicted octanol–water partition coefficient (Wildman–Crippen LogP) is 19.7. The molecule has 0 atom stereocenters. The Kier molecular flexibility index (Phi) is 8.29. The summed E-state index contributed by atoms with van der Waals surface area (Å²) in [7, 11) is 0. The molecule has 18 rings (SSSR count). The van der Waals surface area contributed by atoms with Crippen molar-refractivity contribution < 1.29 is 4.42 Å². The molecule has 4 aliphatic rings. The standard InChI is InChI=1S/C76H45NO/c1-2-21-49-46(19-1)20-17-30-50(49)60-31-18-38-72-73(60)62-45-71(59-28-3-4-29-61(59)74(62)78-72)77(47-39-41-57-55-26-9-15-36-67(55)75(69(57)43-47)63-32-11-5-22-51(63)52-23-6-12-33-64(52)75)48-40-42-58-56-27-10-16-37-68(56)76(70(58)44-48)65-34-13-7-24-53(65)54-25-8-14-35-66(54)76/h1-45H. The first-order valence-electron chi connectivity index (χ1n) is 27.2. The van der Waals surface area contributed by atoms with Crippen LogP contribution in [0, 0.1) is 0 Å².